The van der Waals surface area contributed by atoms with E-state index in [0.717, 1.165) is 6.20 Å². The lowest BCUT2D eigenvalue weighted by Crippen LogP contribution is -2.55. The molecule has 1 aliphatic heterocycles. The van der Waals surface area contributed by atoms with Gasteiger partial charge >= 0.3 is 5.97 Å². The van der Waals surface area contributed by atoms with Gasteiger partial charge in [-0.15, -0.1) is 0 Å². The van der Waals surface area contributed by atoms with Crippen molar-refractivity contribution in [3.63, 3.8) is 0 Å². The third-order valence-electron chi connectivity index (χ3n) is 3.64. The first-order chi connectivity index (χ1) is 10.5. The van der Waals surface area contributed by atoms with Gasteiger partial charge in [-0.1, -0.05) is 6.07 Å². The second-order valence-electron chi connectivity index (χ2n) is 5.05. The Bertz CT molecular complexity index is 807. The number of nitrogens with one attached hydrogen (secondary N) is 1. The average Bonchev–Trinajstić information content (AvgIpc) is 2.97. The third-order valence-corrected chi connectivity index (χ3v) is 3.64. The van der Waals surface area contributed by atoms with Gasteiger partial charge in [-0.3, -0.25) is 14.0 Å². The van der Waals surface area contributed by atoms with Crippen molar-refractivity contribution in [3.8, 4) is 0 Å². The molecule has 0 saturated carbocycles. The Morgan fingerprint density at radius 2 is 2.23 bits per heavy atom. The van der Waals surface area contributed by atoms with Crippen LogP contribution in [0.4, 0.5) is 0 Å². The Labute approximate surface area is 124 Å². The lowest BCUT2D eigenvalue weighted by Gasteiger charge is -2.23. The molecule has 1 unspecified atom stereocenters. The zero-order chi connectivity index (χ0) is 15.7. The first-order valence-corrected chi connectivity index (χ1v) is 6.64. The molecule has 3 rings (SSSR count). The number of pyridine rings is 1. The Morgan fingerprint density at radius 3 is 2.91 bits per heavy atom. The van der Waals surface area contributed by atoms with Crippen LogP contribution in [0.25, 0.3) is 5.65 Å². The molecule has 2 aromatic heterocycles. The van der Waals surface area contributed by atoms with Gasteiger partial charge in [-0.25, -0.2) is 9.78 Å². The third kappa shape index (κ3) is 2.23. The predicted octanol–water partition coefficient (Wildman–Crippen LogP) is -0.332. The van der Waals surface area contributed by atoms with E-state index in [-0.39, 0.29) is 25.2 Å². The SMILES string of the molecule is O=C(NC1(C(=O)O)CCOC1)c1cnc2ccccn2c1=O. The van der Waals surface area contributed by atoms with Crippen molar-refractivity contribution >= 4 is 17.5 Å². The molecule has 2 N–H and O–H groups in total. The summed E-state index contributed by atoms with van der Waals surface area (Å²) in [6.07, 6.45) is 2.79. The minimum absolute atomic E-state index is 0.129. The van der Waals surface area contributed by atoms with Gasteiger partial charge in [-0.05, 0) is 12.1 Å². The molecule has 0 aromatic carbocycles. The van der Waals surface area contributed by atoms with E-state index in [2.05, 4.69) is 10.3 Å². The average molecular weight is 303 g/mol. The standard InChI is InChI=1S/C14H13N3O5/c18-11(16-14(13(20)21)4-6-22-8-14)9-7-15-10-3-1-2-5-17(10)12(9)19/h1-3,5,7H,4,6,8H2,(H,16,18)(H,20,21). The van der Waals surface area contributed by atoms with E-state index in [1.165, 1.54) is 10.6 Å². The lowest BCUT2D eigenvalue weighted by atomic mass is 9.98. The number of carbonyl (C=O) groups excluding carboxylic acids is 1. The number of ether oxygens (including phenoxy) is 1. The highest BCUT2D eigenvalue weighted by Gasteiger charge is 2.44. The topological polar surface area (TPSA) is 110 Å². The Hall–Kier alpha value is -2.74. The van der Waals surface area contributed by atoms with Gasteiger partial charge in [0.1, 0.15) is 11.2 Å². The van der Waals surface area contributed by atoms with Crippen LogP contribution < -0.4 is 10.9 Å². The zero-order valence-electron chi connectivity index (χ0n) is 11.5. The number of carboxylic acids is 1. The van der Waals surface area contributed by atoms with Crippen LogP contribution in [-0.4, -0.2) is 45.1 Å². The fraction of sp³-hybridized carbons (Fsp3) is 0.286. The maximum Gasteiger partial charge on any atom is 0.331 e. The van der Waals surface area contributed by atoms with Crippen molar-refractivity contribution in [3.05, 3.63) is 46.5 Å². The van der Waals surface area contributed by atoms with Crippen molar-refractivity contribution in [1.82, 2.24) is 14.7 Å². The normalized spacial score (nSPS) is 20.9. The molecule has 0 radical (unpaired) electrons. The van der Waals surface area contributed by atoms with Crippen LogP contribution in [0.2, 0.25) is 0 Å². The van der Waals surface area contributed by atoms with Crippen LogP contribution in [0.1, 0.15) is 16.8 Å². The molecule has 2 aromatic rings. The van der Waals surface area contributed by atoms with Gasteiger partial charge in [0.15, 0.2) is 5.54 Å². The number of carboxylic acid groups (broad SMARTS) is 1. The summed E-state index contributed by atoms with van der Waals surface area (Å²) in [6.45, 7) is 0.109. The van der Waals surface area contributed by atoms with Crippen molar-refractivity contribution in [2.24, 2.45) is 0 Å². The lowest BCUT2D eigenvalue weighted by molar-refractivity contribution is -0.144. The molecule has 22 heavy (non-hydrogen) atoms. The van der Waals surface area contributed by atoms with E-state index >= 15 is 0 Å². The van der Waals surface area contributed by atoms with Gasteiger partial charge in [0.05, 0.1) is 6.61 Å². The summed E-state index contributed by atoms with van der Waals surface area (Å²) in [5, 5.41) is 11.7. The number of hydrogen-bond donors (Lipinski definition) is 2. The summed E-state index contributed by atoms with van der Waals surface area (Å²) >= 11 is 0. The number of rotatable bonds is 3. The van der Waals surface area contributed by atoms with E-state index in [9.17, 15) is 19.5 Å². The van der Waals surface area contributed by atoms with Crippen LogP contribution in [0.5, 0.6) is 0 Å². The molecule has 1 fully saturated rings. The molecule has 1 saturated heterocycles. The molecular formula is C14H13N3O5. The molecular weight excluding hydrogens is 290 g/mol. The van der Waals surface area contributed by atoms with Crippen molar-refractivity contribution in [1.29, 1.82) is 0 Å². The maximum atomic E-state index is 12.3. The van der Waals surface area contributed by atoms with Crippen LogP contribution in [0.15, 0.2) is 35.4 Å². The number of aliphatic carboxylic acids is 1. The molecule has 0 bridgehead atoms. The van der Waals surface area contributed by atoms with Gasteiger partial charge < -0.3 is 15.2 Å². The molecule has 114 valence electrons. The van der Waals surface area contributed by atoms with Crippen molar-refractivity contribution < 1.29 is 19.4 Å². The monoisotopic (exact) mass is 303 g/mol. The van der Waals surface area contributed by atoms with E-state index < -0.39 is 23.0 Å². The quantitative estimate of drug-likeness (QED) is 0.803. The number of aromatic nitrogens is 2. The summed E-state index contributed by atoms with van der Waals surface area (Å²) in [6, 6.07) is 4.99. The van der Waals surface area contributed by atoms with Crippen LogP contribution in [-0.2, 0) is 9.53 Å². The Balaban J connectivity index is 1.97. The van der Waals surface area contributed by atoms with E-state index in [4.69, 9.17) is 4.74 Å². The molecule has 0 aliphatic carbocycles. The van der Waals surface area contributed by atoms with Gasteiger partial charge in [0, 0.05) is 25.4 Å². The first-order valence-electron chi connectivity index (χ1n) is 6.64. The summed E-state index contributed by atoms with van der Waals surface area (Å²) in [5.74, 6) is -1.96. The number of fused-ring (bicyclic) bond motifs is 1. The van der Waals surface area contributed by atoms with Crippen LogP contribution >= 0.6 is 0 Å². The highest BCUT2D eigenvalue weighted by Crippen LogP contribution is 2.19. The minimum Gasteiger partial charge on any atom is -0.479 e. The number of nitrogens with zero attached hydrogens (tertiary/aromatic N) is 2. The van der Waals surface area contributed by atoms with Gasteiger partial charge in [0.25, 0.3) is 11.5 Å². The van der Waals surface area contributed by atoms with Crippen LogP contribution in [0, 0.1) is 0 Å². The number of amides is 1. The minimum atomic E-state index is -1.50. The Kier molecular flexibility index (Phi) is 3.38. The highest BCUT2D eigenvalue weighted by molar-refractivity contribution is 5.97. The highest BCUT2D eigenvalue weighted by atomic mass is 16.5. The molecule has 8 heteroatoms. The first kappa shape index (κ1) is 14.2. The maximum absolute atomic E-state index is 12.3. The number of hydrogen-bond acceptors (Lipinski definition) is 5. The largest absolute Gasteiger partial charge is 0.479 e. The van der Waals surface area contributed by atoms with Gasteiger partial charge in [0.2, 0.25) is 0 Å². The second kappa shape index (κ2) is 5.23. The summed E-state index contributed by atoms with van der Waals surface area (Å²) in [5.41, 5.74) is -1.86. The molecule has 3 heterocycles. The predicted molar refractivity (Wildman–Crippen MR) is 74.7 cm³/mol. The van der Waals surface area contributed by atoms with Crippen LogP contribution in [0.3, 0.4) is 0 Å². The molecule has 1 aliphatic rings. The molecule has 1 atom stereocenters. The van der Waals surface area contributed by atoms with Crippen molar-refractivity contribution in [2.45, 2.75) is 12.0 Å². The molecule has 0 spiro atoms. The molecule has 1 amide bonds. The van der Waals surface area contributed by atoms with E-state index in [0.29, 0.717) is 5.65 Å². The summed E-state index contributed by atoms with van der Waals surface area (Å²) in [4.78, 5) is 40.0. The smallest absolute Gasteiger partial charge is 0.331 e. The van der Waals surface area contributed by atoms with E-state index in [1.807, 2.05) is 0 Å². The van der Waals surface area contributed by atoms with Gasteiger partial charge in [-0.2, -0.15) is 0 Å². The fourth-order valence-electron chi connectivity index (χ4n) is 2.35. The van der Waals surface area contributed by atoms with Crippen molar-refractivity contribution in [2.75, 3.05) is 13.2 Å². The summed E-state index contributed by atoms with van der Waals surface area (Å²) in [7, 11) is 0. The summed E-state index contributed by atoms with van der Waals surface area (Å²) < 4.78 is 6.29. The Morgan fingerprint density at radius 1 is 1.41 bits per heavy atom. The zero-order valence-corrected chi connectivity index (χ0v) is 11.5. The second-order valence-corrected chi connectivity index (χ2v) is 5.05. The number of carbonyl (C=O) groups is 2. The van der Waals surface area contributed by atoms with E-state index in [1.54, 1.807) is 18.2 Å². The molecule has 8 nitrogen and oxygen atoms in total. The fourth-order valence-corrected chi connectivity index (χ4v) is 2.35.